The summed E-state index contributed by atoms with van der Waals surface area (Å²) in [4.78, 5) is 19.6. The molecule has 0 fully saturated rings. The van der Waals surface area contributed by atoms with E-state index < -0.39 is 5.41 Å². The lowest BCUT2D eigenvalue weighted by molar-refractivity contribution is -0.131. The number of nitrogens with one attached hydrogen (secondary N) is 2. The number of rotatable bonds is 6. The van der Waals surface area contributed by atoms with Crippen molar-refractivity contribution in [2.75, 3.05) is 6.54 Å². The molecule has 0 bridgehead atoms. The number of aromatic nitrogens is 2. The third kappa shape index (κ3) is 4.56. The topological polar surface area (TPSA) is 83.8 Å². The molecule has 0 radical (unpaired) electrons. The number of carbonyl (C=O) groups is 1. The molecule has 23 heavy (non-hydrogen) atoms. The van der Waals surface area contributed by atoms with E-state index in [9.17, 15) is 9.18 Å². The van der Waals surface area contributed by atoms with Crippen molar-refractivity contribution < 1.29 is 9.18 Å². The number of imidazole rings is 1. The summed E-state index contributed by atoms with van der Waals surface area (Å²) in [5, 5.41) is 2.86. The Balaban J connectivity index is 0.00000242. The van der Waals surface area contributed by atoms with E-state index in [1.807, 2.05) is 13.8 Å². The van der Waals surface area contributed by atoms with E-state index in [-0.39, 0.29) is 43.1 Å². The quantitative estimate of drug-likeness (QED) is 0.736. The van der Waals surface area contributed by atoms with Crippen LogP contribution < -0.4 is 11.1 Å². The first-order chi connectivity index (χ1) is 10.0. The lowest BCUT2D eigenvalue weighted by Crippen LogP contribution is -2.45. The van der Waals surface area contributed by atoms with Gasteiger partial charge in [0.15, 0.2) is 0 Å². The van der Waals surface area contributed by atoms with Crippen LogP contribution in [-0.4, -0.2) is 22.4 Å². The molecule has 0 aliphatic heterocycles. The minimum Gasteiger partial charge on any atom is -0.348 e. The molecule has 1 aromatic heterocycles. The van der Waals surface area contributed by atoms with Crippen molar-refractivity contribution in [3.05, 3.63) is 29.8 Å². The van der Waals surface area contributed by atoms with Gasteiger partial charge in [-0.2, -0.15) is 0 Å². The molecule has 0 saturated heterocycles. The van der Waals surface area contributed by atoms with E-state index in [1.165, 1.54) is 12.1 Å². The van der Waals surface area contributed by atoms with Gasteiger partial charge < -0.3 is 16.0 Å². The molecule has 1 heterocycles. The van der Waals surface area contributed by atoms with Gasteiger partial charge in [-0.05, 0) is 31.0 Å². The lowest BCUT2D eigenvalue weighted by Gasteiger charge is -2.28. The van der Waals surface area contributed by atoms with Crippen LogP contribution in [0.4, 0.5) is 4.39 Å². The summed E-state index contributed by atoms with van der Waals surface area (Å²) in [6, 6.07) is 4.35. The first-order valence-electron chi connectivity index (χ1n) is 7.17. The molecule has 1 amide bonds. The Hall–Kier alpha value is -1.37. The normalized spacial score (nSPS) is 10.8. The van der Waals surface area contributed by atoms with Crippen LogP contribution in [0.15, 0.2) is 18.2 Å². The Bertz CT molecular complexity index is 635. The average molecular weight is 365 g/mol. The molecule has 2 rings (SSSR count). The van der Waals surface area contributed by atoms with E-state index in [0.717, 1.165) is 0 Å². The monoisotopic (exact) mass is 364 g/mol. The molecule has 1 aromatic carbocycles. The molecule has 5 nitrogen and oxygen atoms in total. The van der Waals surface area contributed by atoms with E-state index in [1.54, 1.807) is 6.07 Å². The second kappa shape index (κ2) is 9.05. The Morgan fingerprint density at radius 3 is 2.57 bits per heavy atom. The molecule has 0 aliphatic rings. The average Bonchev–Trinajstić information content (AvgIpc) is 2.89. The first kappa shape index (κ1) is 21.6. The van der Waals surface area contributed by atoms with Gasteiger partial charge in [-0.15, -0.1) is 24.8 Å². The second-order valence-corrected chi connectivity index (χ2v) is 5.22. The Morgan fingerprint density at radius 1 is 1.35 bits per heavy atom. The third-order valence-electron chi connectivity index (χ3n) is 4.14. The van der Waals surface area contributed by atoms with Gasteiger partial charge in [-0.1, -0.05) is 13.8 Å². The van der Waals surface area contributed by atoms with Gasteiger partial charge in [0.2, 0.25) is 5.91 Å². The summed E-state index contributed by atoms with van der Waals surface area (Å²) in [7, 11) is 0. The van der Waals surface area contributed by atoms with Crippen molar-refractivity contribution >= 4 is 41.8 Å². The maximum atomic E-state index is 13.1. The van der Waals surface area contributed by atoms with Crippen LogP contribution >= 0.6 is 24.8 Å². The number of fused-ring (bicyclic) bond motifs is 1. The highest BCUT2D eigenvalue weighted by Crippen LogP contribution is 2.25. The smallest absolute Gasteiger partial charge is 0.227 e. The van der Waals surface area contributed by atoms with Gasteiger partial charge in [-0.25, -0.2) is 9.37 Å². The molecule has 2 aromatic rings. The van der Waals surface area contributed by atoms with Crippen molar-refractivity contribution in [2.45, 2.75) is 33.2 Å². The van der Waals surface area contributed by atoms with Crippen LogP contribution in [0.1, 0.15) is 32.5 Å². The minimum atomic E-state index is -0.530. The van der Waals surface area contributed by atoms with Crippen LogP contribution in [0.3, 0.4) is 0 Å². The van der Waals surface area contributed by atoms with Gasteiger partial charge in [0, 0.05) is 6.54 Å². The lowest BCUT2D eigenvalue weighted by atomic mass is 9.81. The highest BCUT2D eigenvalue weighted by Gasteiger charge is 2.33. The molecule has 8 heteroatoms. The maximum Gasteiger partial charge on any atom is 0.227 e. The van der Waals surface area contributed by atoms with E-state index in [0.29, 0.717) is 36.2 Å². The van der Waals surface area contributed by atoms with E-state index >= 15 is 0 Å². The number of H-pyrrole nitrogens is 1. The van der Waals surface area contributed by atoms with Crippen LogP contribution in [-0.2, 0) is 11.3 Å². The zero-order valence-electron chi connectivity index (χ0n) is 13.2. The number of amides is 1. The summed E-state index contributed by atoms with van der Waals surface area (Å²) in [5.74, 6) is 0.213. The largest absolute Gasteiger partial charge is 0.348 e. The summed E-state index contributed by atoms with van der Waals surface area (Å²) < 4.78 is 13.1. The van der Waals surface area contributed by atoms with Crippen LogP contribution in [0.5, 0.6) is 0 Å². The van der Waals surface area contributed by atoms with Gasteiger partial charge in [0.1, 0.15) is 11.6 Å². The molecule has 0 saturated carbocycles. The molecule has 0 unspecified atom stereocenters. The standard InChI is InChI=1S/C15H21FN4O.2ClH/c1-3-15(4-2,9-17)14(21)18-8-13-19-11-6-5-10(16)7-12(11)20-13;;/h5-7H,3-4,8-9,17H2,1-2H3,(H,18,21)(H,19,20);2*1H. The van der Waals surface area contributed by atoms with Crippen molar-refractivity contribution in [3.8, 4) is 0 Å². The van der Waals surface area contributed by atoms with Gasteiger partial charge >= 0.3 is 0 Å². The minimum absolute atomic E-state index is 0. The molecular formula is C15H23Cl2FN4O. The number of benzene rings is 1. The van der Waals surface area contributed by atoms with Crippen molar-refractivity contribution in [1.29, 1.82) is 0 Å². The highest BCUT2D eigenvalue weighted by molar-refractivity contribution is 5.85. The summed E-state index contributed by atoms with van der Waals surface area (Å²) in [5.41, 5.74) is 6.52. The second-order valence-electron chi connectivity index (χ2n) is 5.22. The zero-order valence-corrected chi connectivity index (χ0v) is 14.8. The maximum absolute atomic E-state index is 13.1. The molecule has 0 spiro atoms. The van der Waals surface area contributed by atoms with E-state index in [2.05, 4.69) is 15.3 Å². The molecule has 0 atom stereocenters. The fourth-order valence-corrected chi connectivity index (χ4v) is 2.42. The first-order valence-corrected chi connectivity index (χ1v) is 7.17. The highest BCUT2D eigenvalue weighted by atomic mass is 35.5. The number of halogens is 3. The van der Waals surface area contributed by atoms with Crippen LogP contribution in [0.2, 0.25) is 0 Å². The predicted molar refractivity (Wildman–Crippen MR) is 94.5 cm³/mol. The number of hydrogen-bond donors (Lipinski definition) is 3. The number of carbonyl (C=O) groups excluding carboxylic acids is 1. The number of nitrogens with two attached hydrogens (primary N) is 1. The fourth-order valence-electron chi connectivity index (χ4n) is 2.42. The number of hydrogen-bond acceptors (Lipinski definition) is 3. The van der Waals surface area contributed by atoms with Gasteiger partial charge in [0.05, 0.1) is 23.0 Å². The van der Waals surface area contributed by atoms with Crippen LogP contribution in [0, 0.1) is 11.2 Å². The third-order valence-corrected chi connectivity index (χ3v) is 4.14. The molecular weight excluding hydrogens is 342 g/mol. The molecule has 0 aliphatic carbocycles. The number of nitrogens with zero attached hydrogens (tertiary/aromatic N) is 1. The number of aromatic amines is 1. The van der Waals surface area contributed by atoms with Crippen LogP contribution in [0.25, 0.3) is 11.0 Å². The van der Waals surface area contributed by atoms with Gasteiger partial charge in [-0.3, -0.25) is 4.79 Å². The van der Waals surface area contributed by atoms with Crippen molar-refractivity contribution in [1.82, 2.24) is 15.3 Å². The van der Waals surface area contributed by atoms with Crippen molar-refractivity contribution in [3.63, 3.8) is 0 Å². The summed E-state index contributed by atoms with van der Waals surface area (Å²) >= 11 is 0. The summed E-state index contributed by atoms with van der Waals surface area (Å²) in [6.07, 6.45) is 1.38. The Morgan fingerprint density at radius 2 is 2.00 bits per heavy atom. The summed E-state index contributed by atoms with van der Waals surface area (Å²) in [6.45, 7) is 4.51. The van der Waals surface area contributed by atoms with Crippen molar-refractivity contribution in [2.24, 2.45) is 11.1 Å². The fraction of sp³-hybridized carbons (Fsp3) is 0.467. The molecule has 130 valence electrons. The Labute approximate surface area is 147 Å². The Kier molecular flexibility index (Phi) is 8.52. The van der Waals surface area contributed by atoms with Gasteiger partial charge in [0.25, 0.3) is 0 Å². The van der Waals surface area contributed by atoms with E-state index in [4.69, 9.17) is 5.73 Å². The SMILES string of the molecule is CCC(CC)(CN)C(=O)NCc1nc2ccc(F)cc2[nH]1.Cl.Cl. The molecule has 4 N–H and O–H groups in total. The predicted octanol–water partition coefficient (Wildman–Crippen LogP) is 2.93. The zero-order chi connectivity index (χ0) is 15.5.